The van der Waals surface area contributed by atoms with E-state index in [1.54, 1.807) is 31.2 Å². The van der Waals surface area contributed by atoms with Crippen LogP contribution in [0.3, 0.4) is 0 Å². The molecule has 0 aliphatic rings. The van der Waals surface area contributed by atoms with Gasteiger partial charge in [0.1, 0.15) is 5.75 Å². The minimum absolute atomic E-state index is 0.276. The number of allylic oxidation sites excluding steroid dienone is 1. The van der Waals surface area contributed by atoms with Gasteiger partial charge in [-0.25, -0.2) is 0 Å². The highest BCUT2D eigenvalue weighted by molar-refractivity contribution is 6.00. The Morgan fingerprint density at radius 3 is 2.46 bits per heavy atom. The van der Waals surface area contributed by atoms with E-state index in [0.29, 0.717) is 17.0 Å². The van der Waals surface area contributed by atoms with Gasteiger partial charge in [0, 0.05) is 17.5 Å². The Morgan fingerprint density at radius 2 is 1.73 bits per heavy atom. The molecule has 0 radical (unpaired) electrons. The molecule has 136 valence electrons. The van der Waals surface area contributed by atoms with Gasteiger partial charge in [-0.3, -0.25) is 15.0 Å². The average Bonchev–Trinajstić information content (AvgIpc) is 2.66. The van der Waals surface area contributed by atoms with Gasteiger partial charge in [-0.05, 0) is 37.1 Å². The van der Waals surface area contributed by atoms with E-state index >= 15 is 0 Å². The van der Waals surface area contributed by atoms with E-state index in [0.717, 1.165) is 17.7 Å². The first-order valence-electron chi connectivity index (χ1n) is 8.31. The Kier molecular flexibility index (Phi) is 6.79. The topological polar surface area (TPSA) is 79.5 Å². The van der Waals surface area contributed by atoms with Crippen molar-refractivity contribution in [3.63, 3.8) is 0 Å². The molecular formula is C20H23N3O3. The van der Waals surface area contributed by atoms with Crippen LogP contribution in [-0.4, -0.2) is 18.9 Å². The van der Waals surface area contributed by atoms with Crippen molar-refractivity contribution < 1.29 is 14.3 Å². The lowest BCUT2D eigenvalue weighted by atomic mass is 10.1. The number of aryl methyl sites for hydroxylation is 1. The molecule has 26 heavy (non-hydrogen) atoms. The third-order valence-corrected chi connectivity index (χ3v) is 3.73. The fraction of sp³-hybridized carbons (Fsp3) is 0.200. The Labute approximate surface area is 153 Å². The van der Waals surface area contributed by atoms with Gasteiger partial charge in [-0.1, -0.05) is 37.3 Å². The van der Waals surface area contributed by atoms with Crippen LogP contribution in [0.4, 0.5) is 5.69 Å². The number of nitrogens with one attached hydrogen (secondary N) is 3. The quantitative estimate of drug-likeness (QED) is 0.528. The van der Waals surface area contributed by atoms with Gasteiger partial charge < -0.3 is 15.5 Å². The lowest BCUT2D eigenvalue weighted by molar-refractivity contribution is -0.112. The molecule has 2 aromatic carbocycles. The maximum Gasteiger partial charge on any atom is 0.273 e. The van der Waals surface area contributed by atoms with Gasteiger partial charge in [0.2, 0.25) is 5.91 Å². The zero-order valence-electron chi connectivity index (χ0n) is 15.1. The Morgan fingerprint density at radius 1 is 1.04 bits per heavy atom. The van der Waals surface area contributed by atoms with E-state index in [9.17, 15) is 9.59 Å². The first kappa shape index (κ1) is 19.1. The Bertz CT molecular complexity index is 815. The highest BCUT2D eigenvalue weighted by atomic mass is 16.5. The molecular weight excluding hydrogens is 330 g/mol. The zero-order valence-corrected chi connectivity index (χ0v) is 15.1. The molecule has 0 unspecified atom stereocenters. The van der Waals surface area contributed by atoms with Crippen LogP contribution in [0.25, 0.3) is 0 Å². The van der Waals surface area contributed by atoms with Crippen LogP contribution in [0.1, 0.15) is 29.8 Å². The lowest BCUT2D eigenvalue weighted by Crippen LogP contribution is -2.36. The molecule has 0 atom stereocenters. The van der Waals surface area contributed by atoms with Crippen molar-refractivity contribution in [2.45, 2.75) is 20.3 Å². The molecule has 2 rings (SSSR count). The van der Waals surface area contributed by atoms with Crippen LogP contribution in [0.2, 0.25) is 0 Å². The second-order valence-corrected chi connectivity index (χ2v) is 5.61. The number of amides is 2. The summed E-state index contributed by atoms with van der Waals surface area (Å²) in [6, 6.07) is 14.5. The summed E-state index contributed by atoms with van der Waals surface area (Å²) >= 11 is 0. The molecule has 0 saturated carbocycles. The van der Waals surface area contributed by atoms with Crippen molar-refractivity contribution >= 4 is 17.5 Å². The number of hydrogen-bond acceptors (Lipinski definition) is 4. The summed E-state index contributed by atoms with van der Waals surface area (Å²) in [5.74, 6) is -0.156. The number of carbonyl (C=O) groups is 2. The summed E-state index contributed by atoms with van der Waals surface area (Å²) in [6.07, 6.45) is 2.21. The lowest BCUT2D eigenvalue weighted by Gasteiger charge is -2.12. The van der Waals surface area contributed by atoms with Gasteiger partial charge in [0.25, 0.3) is 5.91 Å². The highest BCUT2D eigenvalue weighted by Gasteiger charge is 2.11. The smallest absolute Gasteiger partial charge is 0.273 e. The molecule has 0 spiro atoms. The molecule has 0 aromatic heterocycles. The fourth-order valence-electron chi connectivity index (χ4n) is 2.41. The van der Waals surface area contributed by atoms with E-state index in [4.69, 9.17) is 4.74 Å². The van der Waals surface area contributed by atoms with Gasteiger partial charge in [0.05, 0.1) is 12.7 Å². The monoisotopic (exact) mass is 353 g/mol. The summed E-state index contributed by atoms with van der Waals surface area (Å²) in [5, 5.41) is 2.84. The summed E-state index contributed by atoms with van der Waals surface area (Å²) in [7, 11) is 1.50. The number of hydrazine groups is 1. The van der Waals surface area contributed by atoms with Crippen LogP contribution in [-0.2, 0) is 11.2 Å². The van der Waals surface area contributed by atoms with E-state index in [-0.39, 0.29) is 11.8 Å². The predicted molar refractivity (Wildman–Crippen MR) is 102 cm³/mol. The molecule has 2 aromatic rings. The van der Waals surface area contributed by atoms with Crippen LogP contribution in [0.5, 0.6) is 5.75 Å². The molecule has 0 fully saturated rings. The maximum absolute atomic E-state index is 12.2. The number of methoxy groups -OCH3 is 1. The predicted octanol–water partition coefficient (Wildman–Crippen LogP) is 3.03. The van der Waals surface area contributed by atoms with Crippen LogP contribution in [0.15, 0.2) is 60.3 Å². The fourth-order valence-corrected chi connectivity index (χ4v) is 2.41. The first-order chi connectivity index (χ1) is 12.5. The molecule has 2 amide bonds. The van der Waals surface area contributed by atoms with Gasteiger partial charge in [-0.15, -0.1) is 0 Å². The van der Waals surface area contributed by atoms with E-state index in [1.165, 1.54) is 13.2 Å². The largest absolute Gasteiger partial charge is 0.496 e. The first-order valence-corrected chi connectivity index (χ1v) is 8.31. The summed E-state index contributed by atoms with van der Waals surface area (Å²) < 4.78 is 5.16. The van der Waals surface area contributed by atoms with Crippen molar-refractivity contribution in [3.8, 4) is 5.75 Å². The third-order valence-electron chi connectivity index (χ3n) is 3.73. The van der Waals surface area contributed by atoms with Crippen molar-refractivity contribution in [2.75, 3.05) is 12.4 Å². The SMILES string of the molecule is CCc1ccccc1NC(=O)C=C(C)NNC(=O)c1ccccc1OC. The number of carbonyl (C=O) groups excluding carboxylic acids is 2. The van der Waals surface area contributed by atoms with Gasteiger partial charge >= 0.3 is 0 Å². The van der Waals surface area contributed by atoms with Crippen molar-refractivity contribution in [1.29, 1.82) is 0 Å². The second kappa shape index (κ2) is 9.27. The van der Waals surface area contributed by atoms with Crippen molar-refractivity contribution in [1.82, 2.24) is 10.9 Å². The van der Waals surface area contributed by atoms with Crippen LogP contribution in [0, 0.1) is 0 Å². The number of rotatable bonds is 7. The molecule has 0 heterocycles. The molecule has 0 aliphatic heterocycles. The average molecular weight is 353 g/mol. The summed E-state index contributed by atoms with van der Waals surface area (Å²) in [6.45, 7) is 3.72. The van der Waals surface area contributed by atoms with E-state index in [2.05, 4.69) is 16.2 Å². The van der Waals surface area contributed by atoms with E-state index < -0.39 is 0 Å². The van der Waals surface area contributed by atoms with Gasteiger partial charge in [-0.2, -0.15) is 0 Å². The molecule has 6 heteroatoms. The summed E-state index contributed by atoms with van der Waals surface area (Å²) in [4.78, 5) is 24.4. The Hall–Kier alpha value is -3.28. The van der Waals surface area contributed by atoms with E-state index in [1.807, 2.05) is 31.2 Å². The van der Waals surface area contributed by atoms with Crippen molar-refractivity contribution in [2.24, 2.45) is 0 Å². The minimum atomic E-state index is -0.355. The van der Waals surface area contributed by atoms with Crippen LogP contribution >= 0.6 is 0 Å². The molecule has 6 nitrogen and oxygen atoms in total. The Balaban J connectivity index is 1.95. The number of anilines is 1. The number of hydrogen-bond donors (Lipinski definition) is 3. The second-order valence-electron chi connectivity index (χ2n) is 5.61. The number of para-hydroxylation sites is 2. The standard InChI is InChI=1S/C20H23N3O3/c1-4-15-9-5-7-11-17(15)21-19(24)13-14(2)22-23-20(25)16-10-6-8-12-18(16)26-3/h5-13,22H,4H2,1-3H3,(H,21,24)(H,23,25). The van der Waals surface area contributed by atoms with Crippen LogP contribution < -0.4 is 20.9 Å². The summed E-state index contributed by atoms with van der Waals surface area (Å²) in [5.41, 5.74) is 8.01. The molecule has 0 bridgehead atoms. The van der Waals surface area contributed by atoms with Crippen molar-refractivity contribution in [3.05, 3.63) is 71.4 Å². The minimum Gasteiger partial charge on any atom is -0.496 e. The molecule has 0 aliphatic carbocycles. The highest BCUT2D eigenvalue weighted by Crippen LogP contribution is 2.17. The van der Waals surface area contributed by atoms with Gasteiger partial charge in [0.15, 0.2) is 0 Å². The maximum atomic E-state index is 12.2. The normalized spacial score (nSPS) is 10.8. The molecule has 0 saturated heterocycles. The number of ether oxygens (including phenoxy) is 1. The zero-order chi connectivity index (χ0) is 18.9. The third kappa shape index (κ3) is 5.11. The molecule has 3 N–H and O–H groups in total. The number of benzene rings is 2.